The van der Waals surface area contributed by atoms with Crippen molar-refractivity contribution in [2.24, 2.45) is 0 Å². The summed E-state index contributed by atoms with van der Waals surface area (Å²) < 4.78 is 0. The molecule has 122 valence electrons. The number of aromatic nitrogens is 1. The molecule has 5 heteroatoms. The monoisotopic (exact) mass is 304 g/mol. The molecule has 2 rings (SSSR count). The number of carbonyl (C=O) groups is 1. The van der Waals surface area contributed by atoms with E-state index in [0.29, 0.717) is 6.42 Å². The molecule has 1 saturated heterocycles. The Morgan fingerprint density at radius 2 is 2.14 bits per heavy atom. The second kappa shape index (κ2) is 7.58. The van der Waals surface area contributed by atoms with Gasteiger partial charge in [-0.1, -0.05) is 0 Å². The van der Waals surface area contributed by atoms with Crippen molar-refractivity contribution in [1.82, 2.24) is 14.8 Å². The topological polar surface area (TPSA) is 39.7 Å². The minimum atomic E-state index is 0.216. The van der Waals surface area contributed by atoms with E-state index in [-0.39, 0.29) is 11.9 Å². The Morgan fingerprint density at radius 3 is 2.82 bits per heavy atom. The highest BCUT2D eigenvalue weighted by Gasteiger charge is 2.29. The lowest BCUT2D eigenvalue weighted by atomic mass is 10.1. The molecule has 0 bridgehead atoms. The van der Waals surface area contributed by atoms with Crippen molar-refractivity contribution < 1.29 is 4.79 Å². The Balaban J connectivity index is 2.03. The van der Waals surface area contributed by atoms with E-state index in [1.165, 1.54) is 5.56 Å². The van der Waals surface area contributed by atoms with E-state index in [9.17, 15) is 4.79 Å². The Labute approximate surface area is 133 Å². The van der Waals surface area contributed by atoms with Gasteiger partial charge in [-0.2, -0.15) is 0 Å². The lowest BCUT2D eigenvalue weighted by Gasteiger charge is -2.26. The fourth-order valence-corrected chi connectivity index (χ4v) is 2.99. The molecule has 5 nitrogen and oxygen atoms in total. The number of hydrogen-bond acceptors (Lipinski definition) is 4. The van der Waals surface area contributed by atoms with Gasteiger partial charge < -0.3 is 14.7 Å². The molecule has 0 saturated carbocycles. The average molecular weight is 304 g/mol. The standard InChI is InChI=1S/C17H28N4O/c1-19(2)11-6-8-17(22)21-12-5-7-15(21)14-9-10-18-16(13-14)20(3)4/h9-10,13,15H,5-8,11-12H2,1-4H3/t15-/m0/s1. The fraction of sp³-hybridized carbons (Fsp3) is 0.647. The predicted octanol–water partition coefficient (Wildman–Crippen LogP) is 2.15. The Bertz CT molecular complexity index is 501. The van der Waals surface area contributed by atoms with Crippen LogP contribution in [0.3, 0.4) is 0 Å². The number of amides is 1. The van der Waals surface area contributed by atoms with Crippen LogP contribution in [0, 0.1) is 0 Å². The molecule has 0 N–H and O–H groups in total. The second-order valence-electron chi connectivity index (χ2n) is 6.49. The van der Waals surface area contributed by atoms with Crippen LogP contribution in [0.4, 0.5) is 5.82 Å². The first kappa shape index (κ1) is 16.7. The maximum Gasteiger partial charge on any atom is 0.223 e. The number of likely N-dealkylation sites (tertiary alicyclic amines) is 1. The zero-order chi connectivity index (χ0) is 16.1. The SMILES string of the molecule is CN(C)CCCC(=O)N1CCC[C@H]1c1ccnc(N(C)C)c1. The van der Waals surface area contributed by atoms with Crippen molar-refractivity contribution in [3.63, 3.8) is 0 Å². The summed E-state index contributed by atoms with van der Waals surface area (Å²) in [4.78, 5) is 23.1. The maximum atomic E-state index is 12.5. The third-order valence-corrected chi connectivity index (χ3v) is 4.18. The van der Waals surface area contributed by atoms with E-state index in [4.69, 9.17) is 0 Å². The molecule has 1 aliphatic rings. The molecule has 0 radical (unpaired) electrons. The number of pyridine rings is 1. The van der Waals surface area contributed by atoms with E-state index in [2.05, 4.69) is 20.9 Å². The van der Waals surface area contributed by atoms with E-state index < -0.39 is 0 Å². The molecule has 2 heterocycles. The first-order chi connectivity index (χ1) is 10.5. The van der Waals surface area contributed by atoms with Crippen molar-refractivity contribution >= 4 is 11.7 Å². The van der Waals surface area contributed by atoms with E-state index in [1.807, 2.05) is 45.4 Å². The van der Waals surface area contributed by atoms with Gasteiger partial charge in [0.1, 0.15) is 5.82 Å². The summed E-state index contributed by atoms with van der Waals surface area (Å²) in [5, 5.41) is 0. The highest BCUT2D eigenvalue weighted by atomic mass is 16.2. The molecule has 0 spiro atoms. The summed E-state index contributed by atoms with van der Waals surface area (Å²) in [6.07, 6.45) is 5.55. The quantitative estimate of drug-likeness (QED) is 0.807. The smallest absolute Gasteiger partial charge is 0.223 e. The molecular weight excluding hydrogens is 276 g/mol. The van der Waals surface area contributed by atoms with Gasteiger partial charge in [-0.3, -0.25) is 4.79 Å². The molecule has 0 aliphatic carbocycles. The largest absolute Gasteiger partial charge is 0.363 e. The molecule has 1 fully saturated rings. The van der Waals surface area contributed by atoms with Gasteiger partial charge in [-0.05, 0) is 57.6 Å². The number of hydrogen-bond donors (Lipinski definition) is 0. The summed E-state index contributed by atoms with van der Waals surface area (Å²) in [7, 11) is 8.07. The van der Waals surface area contributed by atoms with E-state index in [1.54, 1.807) is 0 Å². The molecule has 1 aromatic rings. The van der Waals surface area contributed by atoms with Crippen LogP contribution >= 0.6 is 0 Å². The molecule has 22 heavy (non-hydrogen) atoms. The third-order valence-electron chi connectivity index (χ3n) is 4.18. The fourth-order valence-electron chi connectivity index (χ4n) is 2.99. The summed E-state index contributed by atoms with van der Waals surface area (Å²) in [5.41, 5.74) is 1.21. The maximum absolute atomic E-state index is 12.5. The van der Waals surface area contributed by atoms with Crippen molar-refractivity contribution in [1.29, 1.82) is 0 Å². The lowest BCUT2D eigenvalue weighted by molar-refractivity contribution is -0.132. The second-order valence-corrected chi connectivity index (χ2v) is 6.49. The number of rotatable bonds is 6. The van der Waals surface area contributed by atoms with Crippen LogP contribution in [0.2, 0.25) is 0 Å². The molecule has 1 amide bonds. The van der Waals surface area contributed by atoms with Crippen LogP contribution in [0.25, 0.3) is 0 Å². The number of carbonyl (C=O) groups excluding carboxylic acids is 1. The first-order valence-electron chi connectivity index (χ1n) is 8.06. The lowest BCUT2D eigenvalue weighted by Crippen LogP contribution is -2.31. The number of nitrogens with zero attached hydrogens (tertiary/aromatic N) is 4. The minimum absolute atomic E-state index is 0.216. The van der Waals surface area contributed by atoms with Gasteiger partial charge in [0.25, 0.3) is 0 Å². The van der Waals surface area contributed by atoms with E-state index >= 15 is 0 Å². The van der Waals surface area contributed by atoms with Crippen molar-refractivity contribution in [3.8, 4) is 0 Å². The van der Waals surface area contributed by atoms with Crippen LogP contribution in [-0.4, -0.2) is 62.0 Å². The Morgan fingerprint density at radius 1 is 1.36 bits per heavy atom. The van der Waals surface area contributed by atoms with Crippen LogP contribution < -0.4 is 4.90 Å². The van der Waals surface area contributed by atoms with Crippen molar-refractivity contribution in [3.05, 3.63) is 23.9 Å². The Kier molecular flexibility index (Phi) is 5.77. The van der Waals surface area contributed by atoms with Crippen LogP contribution in [0.15, 0.2) is 18.3 Å². The van der Waals surface area contributed by atoms with E-state index in [0.717, 1.165) is 38.2 Å². The molecule has 1 aromatic heterocycles. The van der Waals surface area contributed by atoms with Crippen LogP contribution in [-0.2, 0) is 4.79 Å². The molecule has 0 aromatic carbocycles. The average Bonchev–Trinajstić information content (AvgIpc) is 2.96. The van der Waals surface area contributed by atoms with Crippen molar-refractivity contribution in [2.45, 2.75) is 31.7 Å². The van der Waals surface area contributed by atoms with Crippen molar-refractivity contribution in [2.75, 3.05) is 46.2 Å². The zero-order valence-corrected chi connectivity index (χ0v) is 14.2. The summed E-state index contributed by atoms with van der Waals surface area (Å²) in [6, 6.07) is 4.37. The van der Waals surface area contributed by atoms with Crippen LogP contribution in [0.5, 0.6) is 0 Å². The van der Waals surface area contributed by atoms with Gasteiger partial charge in [-0.15, -0.1) is 0 Å². The molecule has 1 atom stereocenters. The molecule has 1 aliphatic heterocycles. The Hall–Kier alpha value is -1.62. The van der Waals surface area contributed by atoms with Gasteiger partial charge in [0, 0.05) is 33.3 Å². The summed E-state index contributed by atoms with van der Waals surface area (Å²) >= 11 is 0. The number of anilines is 1. The molecular formula is C17H28N4O. The third kappa shape index (κ3) is 4.19. The van der Waals surface area contributed by atoms with Gasteiger partial charge in [0.15, 0.2) is 0 Å². The van der Waals surface area contributed by atoms with Gasteiger partial charge >= 0.3 is 0 Å². The van der Waals surface area contributed by atoms with Gasteiger partial charge in [0.2, 0.25) is 5.91 Å². The summed E-state index contributed by atoms with van der Waals surface area (Å²) in [5.74, 6) is 1.23. The minimum Gasteiger partial charge on any atom is -0.363 e. The molecule has 0 unspecified atom stereocenters. The zero-order valence-electron chi connectivity index (χ0n) is 14.2. The van der Waals surface area contributed by atoms with Gasteiger partial charge in [-0.25, -0.2) is 4.98 Å². The van der Waals surface area contributed by atoms with Crippen LogP contribution in [0.1, 0.15) is 37.3 Å². The highest BCUT2D eigenvalue weighted by Crippen LogP contribution is 2.33. The predicted molar refractivity (Wildman–Crippen MR) is 90.0 cm³/mol. The normalized spacial score (nSPS) is 18.0. The summed E-state index contributed by atoms with van der Waals surface area (Å²) in [6.45, 7) is 1.84. The first-order valence-corrected chi connectivity index (χ1v) is 8.06. The highest BCUT2D eigenvalue weighted by molar-refractivity contribution is 5.77. The van der Waals surface area contributed by atoms with Gasteiger partial charge in [0.05, 0.1) is 6.04 Å².